The normalized spacial score (nSPS) is 11.1. The van der Waals surface area contributed by atoms with E-state index < -0.39 is 9.84 Å². The minimum Gasteiger partial charge on any atom is -0.369 e. The Morgan fingerprint density at radius 2 is 2.05 bits per heavy atom. The third-order valence-corrected chi connectivity index (χ3v) is 3.25. The number of hydrogen-bond acceptors (Lipinski definition) is 6. The lowest BCUT2D eigenvalue weighted by Gasteiger charge is -2.05. The van der Waals surface area contributed by atoms with Crippen LogP contribution in [0.25, 0.3) is 0 Å². The summed E-state index contributed by atoms with van der Waals surface area (Å²) in [6.45, 7) is 2.96. The summed E-state index contributed by atoms with van der Waals surface area (Å²) in [5.74, 6) is 0.304. The van der Waals surface area contributed by atoms with Crippen LogP contribution in [0.5, 0.6) is 0 Å². The fraction of sp³-hybridized carbons (Fsp3) is 0.545. The minimum atomic E-state index is -2.99. The lowest BCUT2D eigenvalue weighted by Crippen LogP contribution is -2.26. The molecule has 0 aliphatic heterocycles. The number of carbonyl (C=O) groups is 1. The van der Waals surface area contributed by atoms with Crippen molar-refractivity contribution in [1.82, 2.24) is 15.3 Å². The molecule has 1 aromatic rings. The first kappa shape index (κ1) is 15.4. The zero-order valence-electron chi connectivity index (χ0n) is 11.0. The van der Waals surface area contributed by atoms with E-state index in [-0.39, 0.29) is 17.4 Å². The number of rotatable bonds is 7. The molecule has 0 atom stereocenters. The second-order valence-electron chi connectivity index (χ2n) is 4.06. The van der Waals surface area contributed by atoms with Crippen LogP contribution in [0, 0.1) is 0 Å². The van der Waals surface area contributed by atoms with E-state index in [9.17, 15) is 13.2 Å². The summed E-state index contributed by atoms with van der Waals surface area (Å²) < 4.78 is 21.8. The average molecular weight is 286 g/mol. The molecule has 0 aromatic carbocycles. The van der Waals surface area contributed by atoms with E-state index in [2.05, 4.69) is 20.6 Å². The zero-order chi connectivity index (χ0) is 14.3. The Bertz CT molecular complexity index is 513. The van der Waals surface area contributed by atoms with E-state index in [4.69, 9.17) is 0 Å². The Morgan fingerprint density at radius 3 is 2.58 bits per heavy atom. The maximum absolute atomic E-state index is 11.7. The third-order valence-electron chi connectivity index (χ3n) is 2.22. The standard InChI is InChI=1S/C11H18N4O3S/c1-3-12-10-8-14-9(7-15-10)11(16)13-5-4-6-19(2,17)18/h7-8H,3-6H2,1-2H3,(H,12,15)(H,13,16). The summed E-state index contributed by atoms with van der Waals surface area (Å²) >= 11 is 0. The van der Waals surface area contributed by atoms with Crippen molar-refractivity contribution in [2.75, 3.05) is 30.4 Å². The summed E-state index contributed by atoms with van der Waals surface area (Å²) in [5, 5.41) is 5.57. The van der Waals surface area contributed by atoms with Crippen molar-refractivity contribution in [1.29, 1.82) is 0 Å². The topological polar surface area (TPSA) is 101 Å². The number of anilines is 1. The lowest BCUT2D eigenvalue weighted by atomic mass is 10.4. The van der Waals surface area contributed by atoms with Crippen LogP contribution in [0.3, 0.4) is 0 Å². The molecule has 1 aromatic heterocycles. The fourth-order valence-corrected chi connectivity index (χ4v) is 2.01. The van der Waals surface area contributed by atoms with Gasteiger partial charge in [-0.1, -0.05) is 0 Å². The molecule has 7 nitrogen and oxygen atoms in total. The smallest absolute Gasteiger partial charge is 0.271 e. The van der Waals surface area contributed by atoms with Crippen molar-refractivity contribution >= 4 is 21.6 Å². The molecule has 19 heavy (non-hydrogen) atoms. The van der Waals surface area contributed by atoms with Gasteiger partial charge >= 0.3 is 0 Å². The molecule has 0 spiro atoms. The highest BCUT2D eigenvalue weighted by Gasteiger charge is 2.08. The van der Waals surface area contributed by atoms with Gasteiger partial charge in [-0.25, -0.2) is 18.4 Å². The van der Waals surface area contributed by atoms with Gasteiger partial charge in [0.15, 0.2) is 0 Å². The highest BCUT2D eigenvalue weighted by Crippen LogP contribution is 2.00. The molecule has 1 rings (SSSR count). The number of nitrogens with one attached hydrogen (secondary N) is 2. The number of hydrogen-bond donors (Lipinski definition) is 2. The second-order valence-corrected chi connectivity index (χ2v) is 6.32. The highest BCUT2D eigenvalue weighted by atomic mass is 32.2. The molecule has 0 unspecified atom stereocenters. The minimum absolute atomic E-state index is 0.0539. The quantitative estimate of drug-likeness (QED) is 0.688. The molecule has 0 aliphatic rings. The maximum Gasteiger partial charge on any atom is 0.271 e. The third kappa shape index (κ3) is 6.14. The highest BCUT2D eigenvalue weighted by molar-refractivity contribution is 7.90. The van der Waals surface area contributed by atoms with Gasteiger partial charge in [0.2, 0.25) is 0 Å². The molecule has 1 amide bonds. The van der Waals surface area contributed by atoms with Crippen LogP contribution in [-0.2, 0) is 9.84 Å². The SMILES string of the molecule is CCNc1cnc(C(=O)NCCCS(C)(=O)=O)cn1. The van der Waals surface area contributed by atoms with Crippen molar-refractivity contribution in [3.63, 3.8) is 0 Å². The molecule has 0 fully saturated rings. The molecule has 8 heteroatoms. The zero-order valence-corrected chi connectivity index (χ0v) is 11.8. The first-order chi connectivity index (χ1) is 8.92. The molecule has 0 bridgehead atoms. The van der Waals surface area contributed by atoms with Gasteiger partial charge < -0.3 is 10.6 Å². The van der Waals surface area contributed by atoms with Crippen LogP contribution in [0.2, 0.25) is 0 Å². The Hall–Kier alpha value is -1.70. The number of aromatic nitrogens is 2. The molecule has 2 N–H and O–H groups in total. The summed E-state index contributed by atoms with van der Waals surface area (Å²) in [4.78, 5) is 19.7. The molecule has 106 valence electrons. The van der Waals surface area contributed by atoms with E-state index in [1.54, 1.807) is 0 Å². The van der Waals surface area contributed by atoms with Crippen LogP contribution < -0.4 is 10.6 Å². The molecule has 0 radical (unpaired) electrons. The maximum atomic E-state index is 11.7. The number of sulfone groups is 1. The Balaban J connectivity index is 2.41. The van der Waals surface area contributed by atoms with Crippen LogP contribution in [0.1, 0.15) is 23.8 Å². The first-order valence-electron chi connectivity index (χ1n) is 5.94. The first-order valence-corrected chi connectivity index (χ1v) is 8.00. The van der Waals surface area contributed by atoms with Crippen LogP contribution in [0.15, 0.2) is 12.4 Å². The molecule has 0 saturated heterocycles. The largest absolute Gasteiger partial charge is 0.369 e. The van der Waals surface area contributed by atoms with Crippen molar-refractivity contribution in [3.05, 3.63) is 18.1 Å². The van der Waals surface area contributed by atoms with Crippen molar-refractivity contribution in [2.24, 2.45) is 0 Å². The molecule has 0 saturated carbocycles. The van der Waals surface area contributed by atoms with Crippen LogP contribution >= 0.6 is 0 Å². The van der Waals surface area contributed by atoms with Gasteiger partial charge in [-0.05, 0) is 13.3 Å². The van der Waals surface area contributed by atoms with Gasteiger partial charge in [0, 0.05) is 19.3 Å². The molecular weight excluding hydrogens is 268 g/mol. The number of amides is 1. The van der Waals surface area contributed by atoms with Gasteiger partial charge in [0.05, 0.1) is 18.1 Å². The van der Waals surface area contributed by atoms with Crippen LogP contribution in [-0.4, -0.2) is 49.4 Å². The summed E-state index contributed by atoms with van der Waals surface area (Å²) in [6, 6.07) is 0. The summed E-state index contributed by atoms with van der Waals surface area (Å²) in [5.41, 5.74) is 0.209. The second kappa shape index (κ2) is 7.03. The Kier molecular flexibility index (Phi) is 5.68. The van der Waals surface area contributed by atoms with Gasteiger partial charge in [-0.15, -0.1) is 0 Å². The van der Waals surface area contributed by atoms with Crippen molar-refractivity contribution < 1.29 is 13.2 Å². The van der Waals surface area contributed by atoms with Gasteiger partial charge in [0.1, 0.15) is 21.3 Å². The van der Waals surface area contributed by atoms with Gasteiger partial charge in [-0.3, -0.25) is 4.79 Å². The predicted molar refractivity (Wildman–Crippen MR) is 72.9 cm³/mol. The van der Waals surface area contributed by atoms with E-state index in [1.165, 1.54) is 18.6 Å². The van der Waals surface area contributed by atoms with Crippen molar-refractivity contribution in [2.45, 2.75) is 13.3 Å². The molecule has 0 aliphatic carbocycles. The van der Waals surface area contributed by atoms with E-state index >= 15 is 0 Å². The van der Waals surface area contributed by atoms with Gasteiger partial charge in [0.25, 0.3) is 5.91 Å². The van der Waals surface area contributed by atoms with Crippen molar-refractivity contribution in [3.8, 4) is 0 Å². The van der Waals surface area contributed by atoms with Gasteiger partial charge in [-0.2, -0.15) is 0 Å². The van der Waals surface area contributed by atoms with Crippen LogP contribution in [0.4, 0.5) is 5.82 Å². The Morgan fingerprint density at radius 1 is 1.32 bits per heavy atom. The monoisotopic (exact) mass is 286 g/mol. The number of nitrogens with zero attached hydrogens (tertiary/aromatic N) is 2. The summed E-state index contributed by atoms with van der Waals surface area (Å²) in [6.07, 6.45) is 4.41. The average Bonchev–Trinajstić information content (AvgIpc) is 2.34. The predicted octanol–water partition coefficient (Wildman–Crippen LogP) is 0.0729. The molecular formula is C11H18N4O3S. The summed E-state index contributed by atoms with van der Waals surface area (Å²) in [7, 11) is -2.99. The lowest BCUT2D eigenvalue weighted by molar-refractivity contribution is 0.0948. The van der Waals surface area contributed by atoms with E-state index in [1.807, 2.05) is 6.92 Å². The number of carbonyl (C=O) groups excluding carboxylic acids is 1. The Labute approximate surface area is 112 Å². The molecule has 1 heterocycles. The van der Waals surface area contributed by atoms with E-state index in [0.29, 0.717) is 18.8 Å². The fourth-order valence-electron chi connectivity index (χ4n) is 1.34. The van der Waals surface area contributed by atoms with E-state index in [0.717, 1.165) is 6.54 Å².